The molecule has 9 heteroatoms. The minimum absolute atomic E-state index is 0.393. The van der Waals surface area contributed by atoms with Gasteiger partial charge >= 0.3 is 5.97 Å². The molecule has 41 heavy (non-hydrogen) atoms. The highest BCUT2D eigenvalue weighted by atomic mass is 32.2. The molecule has 0 saturated carbocycles. The van der Waals surface area contributed by atoms with Gasteiger partial charge in [0.05, 0.1) is 16.8 Å². The number of carboxylic acids is 1. The van der Waals surface area contributed by atoms with Gasteiger partial charge in [0.25, 0.3) is 5.91 Å². The molecule has 1 amide bonds. The molecule has 5 aromatic rings. The minimum Gasteiger partial charge on any atom is -0.480 e. The fourth-order valence-electron chi connectivity index (χ4n) is 4.13. The zero-order chi connectivity index (χ0) is 28.6. The van der Waals surface area contributed by atoms with Gasteiger partial charge in [-0.05, 0) is 72.5 Å². The number of carboxylic acid groups (broad SMARTS) is 1. The molecular formula is C32H25N5O3S. The maximum Gasteiger partial charge on any atom is 0.321 e. The number of pyridine rings is 2. The van der Waals surface area contributed by atoms with Crippen LogP contribution in [0.5, 0.6) is 0 Å². The molecule has 2 heterocycles. The van der Waals surface area contributed by atoms with E-state index in [4.69, 9.17) is 5.84 Å². The average molecular weight is 560 g/mol. The lowest BCUT2D eigenvalue weighted by molar-refractivity contribution is -0.138. The fraction of sp³-hybridized carbons (Fsp3) is 0.0625. The van der Waals surface area contributed by atoms with E-state index in [0.29, 0.717) is 28.6 Å². The van der Waals surface area contributed by atoms with E-state index in [1.807, 2.05) is 78.9 Å². The van der Waals surface area contributed by atoms with E-state index in [1.54, 1.807) is 24.5 Å². The number of hydrazine groups is 1. The molecule has 0 aliphatic rings. The van der Waals surface area contributed by atoms with E-state index in [0.717, 1.165) is 27.1 Å². The summed E-state index contributed by atoms with van der Waals surface area (Å²) in [5.74, 6) is 10.4. The lowest BCUT2D eigenvalue weighted by Crippen LogP contribution is -2.34. The smallest absolute Gasteiger partial charge is 0.321 e. The van der Waals surface area contributed by atoms with Gasteiger partial charge in [0.15, 0.2) is 0 Å². The Morgan fingerprint density at radius 2 is 1.61 bits per heavy atom. The van der Waals surface area contributed by atoms with Gasteiger partial charge in [-0.3, -0.25) is 20.0 Å². The number of aliphatic carboxylic acids is 1. The van der Waals surface area contributed by atoms with Crippen LogP contribution in [0, 0.1) is 11.8 Å². The van der Waals surface area contributed by atoms with Gasteiger partial charge in [0.2, 0.25) is 0 Å². The van der Waals surface area contributed by atoms with Gasteiger partial charge in [-0.25, -0.2) is 15.5 Å². The molecule has 8 nitrogen and oxygen atoms in total. The highest BCUT2D eigenvalue weighted by Crippen LogP contribution is 2.25. The van der Waals surface area contributed by atoms with Crippen molar-refractivity contribution in [3.05, 3.63) is 126 Å². The predicted molar refractivity (Wildman–Crippen MR) is 160 cm³/mol. The molecule has 0 aliphatic carbocycles. The van der Waals surface area contributed by atoms with Crippen LogP contribution in [-0.2, 0) is 11.2 Å². The molecule has 0 saturated heterocycles. The van der Waals surface area contributed by atoms with Gasteiger partial charge in [-0.2, -0.15) is 0 Å². The third-order valence-corrected chi connectivity index (χ3v) is 7.18. The molecule has 1 unspecified atom stereocenters. The predicted octanol–water partition coefficient (Wildman–Crippen LogP) is 4.59. The highest BCUT2D eigenvalue weighted by molar-refractivity contribution is 7.97. The van der Waals surface area contributed by atoms with Crippen LogP contribution in [0.4, 0.5) is 0 Å². The van der Waals surface area contributed by atoms with Gasteiger partial charge in [-0.15, -0.1) is 0 Å². The standard InChI is InChI=1S/C32H25N5O3S/c33-36-31(38)26-19-29(35-28-16-17-34-20-27(26)28)24-12-8-21(9-13-24)6-7-22-10-14-25(15-11-22)41-37-30(32(39)40)18-23-4-2-1-3-5-23/h1-5,8-17,19-20,30,37H,18,33H2,(H,36,38)(H,39,40). The SMILES string of the molecule is NNC(=O)c1cc(-c2ccc(C#Cc3ccc(SNC(Cc4ccccc4)C(=O)O)cc3)cc2)nc2ccncc12. The van der Waals surface area contributed by atoms with Crippen molar-refractivity contribution in [2.45, 2.75) is 17.4 Å². The molecule has 3 aromatic carbocycles. The molecule has 0 aliphatic heterocycles. The first-order valence-electron chi connectivity index (χ1n) is 12.7. The summed E-state index contributed by atoms with van der Waals surface area (Å²) < 4.78 is 3.05. The first-order valence-corrected chi connectivity index (χ1v) is 13.5. The van der Waals surface area contributed by atoms with Crippen LogP contribution in [0.25, 0.3) is 22.2 Å². The van der Waals surface area contributed by atoms with Crippen LogP contribution in [0.15, 0.2) is 108 Å². The van der Waals surface area contributed by atoms with Gasteiger partial charge in [0.1, 0.15) is 6.04 Å². The highest BCUT2D eigenvalue weighted by Gasteiger charge is 2.18. The van der Waals surface area contributed by atoms with Crippen molar-refractivity contribution < 1.29 is 14.7 Å². The number of fused-ring (bicyclic) bond motifs is 1. The quantitative estimate of drug-likeness (QED) is 0.0714. The molecule has 202 valence electrons. The van der Waals surface area contributed by atoms with Gasteiger partial charge < -0.3 is 5.11 Å². The van der Waals surface area contributed by atoms with Crippen molar-refractivity contribution >= 4 is 34.7 Å². The maximum absolute atomic E-state index is 12.3. The summed E-state index contributed by atoms with van der Waals surface area (Å²) in [6.45, 7) is 0. The van der Waals surface area contributed by atoms with Gasteiger partial charge in [-0.1, -0.05) is 54.3 Å². The Morgan fingerprint density at radius 3 is 2.27 bits per heavy atom. The van der Waals surface area contributed by atoms with E-state index in [2.05, 4.69) is 32.0 Å². The Hall–Kier alpha value is -5.01. The molecule has 5 rings (SSSR count). The van der Waals surface area contributed by atoms with Crippen molar-refractivity contribution in [3.63, 3.8) is 0 Å². The normalized spacial score (nSPS) is 11.3. The number of carbonyl (C=O) groups excluding carboxylic acids is 1. The van der Waals surface area contributed by atoms with Crippen molar-refractivity contribution in [1.29, 1.82) is 0 Å². The maximum atomic E-state index is 12.3. The number of rotatable bonds is 8. The Kier molecular flexibility index (Phi) is 8.67. The number of nitrogens with zero attached hydrogens (tertiary/aromatic N) is 2. The number of nitrogens with one attached hydrogen (secondary N) is 2. The van der Waals surface area contributed by atoms with E-state index in [9.17, 15) is 14.7 Å². The van der Waals surface area contributed by atoms with Crippen LogP contribution < -0.4 is 16.0 Å². The lowest BCUT2D eigenvalue weighted by atomic mass is 10.0. The number of nitrogens with two attached hydrogens (primary N) is 1. The van der Waals surface area contributed by atoms with Crippen molar-refractivity contribution in [1.82, 2.24) is 20.1 Å². The molecule has 0 fully saturated rings. The summed E-state index contributed by atoms with van der Waals surface area (Å²) in [5, 5.41) is 10.2. The molecule has 5 N–H and O–H groups in total. The summed E-state index contributed by atoms with van der Waals surface area (Å²) in [4.78, 5) is 33.7. The zero-order valence-corrected chi connectivity index (χ0v) is 22.6. The largest absolute Gasteiger partial charge is 0.480 e. The Labute approximate surface area is 241 Å². The summed E-state index contributed by atoms with van der Waals surface area (Å²) in [7, 11) is 0. The zero-order valence-electron chi connectivity index (χ0n) is 21.7. The number of carbonyl (C=O) groups is 2. The van der Waals surface area contributed by atoms with E-state index in [1.165, 1.54) is 11.9 Å². The molecule has 2 aromatic heterocycles. The molecule has 0 radical (unpaired) electrons. The van der Waals surface area contributed by atoms with Crippen molar-refractivity contribution in [3.8, 4) is 23.1 Å². The molecule has 0 bridgehead atoms. The number of nitrogen functional groups attached to an aromatic ring is 1. The third-order valence-electron chi connectivity index (χ3n) is 6.27. The molecule has 1 atom stereocenters. The van der Waals surface area contributed by atoms with Crippen molar-refractivity contribution in [2.75, 3.05) is 0 Å². The molecule has 0 spiro atoms. The monoisotopic (exact) mass is 559 g/mol. The van der Waals surface area contributed by atoms with Crippen LogP contribution in [0.3, 0.4) is 0 Å². The Morgan fingerprint density at radius 1 is 0.927 bits per heavy atom. The summed E-state index contributed by atoms with van der Waals surface area (Å²) in [6, 6.07) is 27.5. The number of benzene rings is 3. The first kappa shape index (κ1) is 27.6. The number of hydrogen-bond acceptors (Lipinski definition) is 7. The first-order chi connectivity index (χ1) is 20.0. The van der Waals surface area contributed by atoms with Gasteiger partial charge in [0, 0.05) is 39.4 Å². The summed E-state index contributed by atoms with van der Waals surface area (Å²) in [6.07, 6.45) is 3.61. The van der Waals surface area contributed by atoms with E-state index >= 15 is 0 Å². The third kappa shape index (κ3) is 6.96. The van der Waals surface area contributed by atoms with Crippen LogP contribution in [0.2, 0.25) is 0 Å². The minimum atomic E-state index is -0.898. The topological polar surface area (TPSA) is 130 Å². The van der Waals surface area contributed by atoms with E-state index < -0.39 is 17.9 Å². The summed E-state index contributed by atoms with van der Waals surface area (Å²) >= 11 is 1.28. The number of hydrogen-bond donors (Lipinski definition) is 4. The fourth-order valence-corrected chi connectivity index (χ4v) is 4.86. The Bertz CT molecular complexity index is 1750. The second kappa shape index (κ2) is 12.9. The number of aromatic nitrogens is 2. The van der Waals surface area contributed by atoms with Crippen LogP contribution in [-0.4, -0.2) is 33.0 Å². The lowest BCUT2D eigenvalue weighted by Gasteiger charge is -2.13. The van der Waals surface area contributed by atoms with Crippen LogP contribution >= 0.6 is 11.9 Å². The summed E-state index contributed by atoms with van der Waals surface area (Å²) in [5.41, 5.74) is 7.31. The second-order valence-electron chi connectivity index (χ2n) is 9.07. The second-order valence-corrected chi connectivity index (χ2v) is 9.98. The molecular weight excluding hydrogens is 534 g/mol. The number of amides is 1. The Balaban J connectivity index is 1.25. The average Bonchev–Trinajstić information content (AvgIpc) is 3.02. The van der Waals surface area contributed by atoms with Crippen molar-refractivity contribution in [2.24, 2.45) is 5.84 Å². The van der Waals surface area contributed by atoms with E-state index in [-0.39, 0.29) is 0 Å². The van der Waals surface area contributed by atoms with Crippen LogP contribution in [0.1, 0.15) is 27.0 Å².